The normalized spacial score (nSPS) is 10.3. The van der Waals surface area contributed by atoms with Gasteiger partial charge in [-0.05, 0) is 25.1 Å². The number of carbonyl (C=O) groups is 1. The highest BCUT2D eigenvalue weighted by Crippen LogP contribution is 2.34. The van der Waals surface area contributed by atoms with E-state index in [1.165, 1.54) is 0 Å². The SMILES string of the molecule is COc1cc(OC)c(OC)cc1CNCCNC(=O)c1ccc(C)cc1. The Labute approximate surface area is 154 Å². The molecule has 2 aromatic carbocycles. The predicted molar refractivity (Wildman–Crippen MR) is 101 cm³/mol. The first-order chi connectivity index (χ1) is 12.6. The molecule has 0 aliphatic heterocycles. The van der Waals surface area contributed by atoms with Gasteiger partial charge in [0, 0.05) is 36.8 Å². The van der Waals surface area contributed by atoms with Gasteiger partial charge < -0.3 is 24.8 Å². The van der Waals surface area contributed by atoms with Crippen LogP contribution in [0.25, 0.3) is 0 Å². The summed E-state index contributed by atoms with van der Waals surface area (Å²) in [7, 11) is 4.81. The Balaban J connectivity index is 1.84. The third-order valence-corrected chi connectivity index (χ3v) is 4.00. The van der Waals surface area contributed by atoms with Crippen LogP contribution in [0, 0.1) is 6.92 Å². The van der Waals surface area contributed by atoms with Crippen molar-refractivity contribution in [3.8, 4) is 17.2 Å². The highest BCUT2D eigenvalue weighted by atomic mass is 16.5. The predicted octanol–water partition coefficient (Wildman–Crippen LogP) is 2.54. The van der Waals surface area contributed by atoms with Crippen LogP contribution in [0.15, 0.2) is 36.4 Å². The van der Waals surface area contributed by atoms with Crippen LogP contribution in [-0.4, -0.2) is 40.3 Å². The largest absolute Gasteiger partial charge is 0.496 e. The van der Waals surface area contributed by atoms with Crippen molar-refractivity contribution in [1.82, 2.24) is 10.6 Å². The summed E-state index contributed by atoms with van der Waals surface area (Å²) in [5.41, 5.74) is 2.75. The Morgan fingerprint density at radius 2 is 1.50 bits per heavy atom. The Kier molecular flexibility index (Phi) is 7.29. The van der Waals surface area contributed by atoms with E-state index in [9.17, 15) is 4.79 Å². The maximum atomic E-state index is 12.1. The smallest absolute Gasteiger partial charge is 0.251 e. The van der Waals surface area contributed by atoms with E-state index in [4.69, 9.17) is 14.2 Å². The molecule has 26 heavy (non-hydrogen) atoms. The van der Waals surface area contributed by atoms with Crippen molar-refractivity contribution in [2.24, 2.45) is 0 Å². The maximum absolute atomic E-state index is 12.1. The Hall–Kier alpha value is -2.73. The average Bonchev–Trinajstić information content (AvgIpc) is 2.67. The van der Waals surface area contributed by atoms with E-state index >= 15 is 0 Å². The molecule has 2 N–H and O–H groups in total. The van der Waals surface area contributed by atoms with Gasteiger partial charge in [-0.15, -0.1) is 0 Å². The van der Waals surface area contributed by atoms with Crippen LogP contribution in [0.1, 0.15) is 21.5 Å². The fourth-order valence-electron chi connectivity index (χ4n) is 2.53. The van der Waals surface area contributed by atoms with E-state index in [0.29, 0.717) is 36.7 Å². The number of methoxy groups -OCH3 is 3. The second kappa shape index (κ2) is 9.68. The van der Waals surface area contributed by atoms with Gasteiger partial charge in [-0.3, -0.25) is 4.79 Å². The molecule has 0 atom stereocenters. The lowest BCUT2D eigenvalue weighted by Crippen LogP contribution is -2.31. The van der Waals surface area contributed by atoms with Crippen LogP contribution in [0.2, 0.25) is 0 Å². The lowest BCUT2D eigenvalue weighted by molar-refractivity contribution is 0.0954. The lowest BCUT2D eigenvalue weighted by atomic mass is 10.1. The van der Waals surface area contributed by atoms with E-state index in [1.54, 1.807) is 27.4 Å². The number of nitrogens with one attached hydrogen (secondary N) is 2. The van der Waals surface area contributed by atoms with Gasteiger partial charge in [0.2, 0.25) is 0 Å². The topological polar surface area (TPSA) is 68.8 Å². The lowest BCUT2D eigenvalue weighted by Gasteiger charge is -2.14. The third-order valence-electron chi connectivity index (χ3n) is 4.00. The molecule has 0 radical (unpaired) electrons. The van der Waals surface area contributed by atoms with Crippen molar-refractivity contribution in [3.05, 3.63) is 53.1 Å². The number of hydrogen-bond acceptors (Lipinski definition) is 5. The van der Waals surface area contributed by atoms with Crippen molar-refractivity contribution < 1.29 is 19.0 Å². The number of benzene rings is 2. The third kappa shape index (κ3) is 5.13. The molecule has 2 rings (SSSR count). The van der Waals surface area contributed by atoms with E-state index in [-0.39, 0.29) is 5.91 Å². The molecule has 0 spiro atoms. The molecule has 2 aromatic rings. The molecule has 1 amide bonds. The van der Waals surface area contributed by atoms with Crippen molar-refractivity contribution >= 4 is 5.91 Å². The van der Waals surface area contributed by atoms with Crippen LogP contribution in [0.5, 0.6) is 17.2 Å². The minimum Gasteiger partial charge on any atom is -0.496 e. The number of rotatable bonds is 9. The molecule has 0 heterocycles. The summed E-state index contributed by atoms with van der Waals surface area (Å²) in [6.45, 7) is 3.75. The van der Waals surface area contributed by atoms with Gasteiger partial charge >= 0.3 is 0 Å². The van der Waals surface area contributed by atoms with Crippen LogP contribution < -0.4 is 24.8 Å². The fourth-order valence-corrected chi connectivity index (χ4v) is 2.53. The van der Waals surface area contributed by atoms with Gasteiger partial charge in [0.05, 0.1) is 21.3 Å². The quantitative estimate of drug-likeness (QED) is 0.674. The molecule has 0 aromatic heterocycles. The van der Waals surface area contributed by atoms with E-state index in [0.717, 1.165) is 16.9 Å². The van der Waals surface area contributed by atoms with Crippen molar-refractivity contribution in [2.75, 3.05) is 34.4 Å². The Morgan fingerprint density at radius 3 is 2.12 bits per heavy atom. The molecule has 0 bridgehead atoms. The minimum atomic E-state index is -0.0736. The second-order valence-electron chi connectivity index (χ2n) is 5.82. The fraction of sp³-hybridized carbons (Fsp3) is 0.350. The molecular formula is C20H26N2O4. The zero-order valence-electron chi connectivity index (χ0n) is 15.7. The summed E-state index contributed by atoms with van der Waals surface area (Å²) in [5.74, 6) is 1.92. The molecule has 6 heteroatoms. The highest BCUT2D eigenvalue weighted by Gasteiger charge is 2.11. The van der Waals surface area contributed by atoms with Gasteiger partial charge in [0.25, 0.3) is 5.91 Å². The van der Waals surface area contributed by atoms with E-state index < -0.39 is 0 Å². The molecule has 0 saturated carbocycles. The molecule has 0 fully saturated rings. The molecule has 0 unspecified atom stereocenters. The van der Waals surface area contributed by atoms with Crippen molar-refractivity contribution in [3.63, 3.8) is 0 Å². The number of aryl methyl sites for hydroxylation is 1. The van der Waals surface area contributed by atoms with Crippen LogP contribution in [0.4, 0.5) is 0 Å². The van der Waals surface area contributed by atoms with E-state index in [2.05, 4.69) is 10.6 Å². The standard InChI is InChI=1S/C20H26N2O4/c1-14-5-7-15(8-6-14)20(23)22-10-9-21-13-16-11-18(25-3)19(26-4)12-17(16)24-2/h5-8,11-12,21H,9-10,13H2,1-4H3,(H,22,23). The van der Waals surface area contributed by atoms with E-state index in [1.807, 2.05) is 37.3 Å². The van der Waals surface area contributed by atoms with Gasteiger partial charge in [-0.25, -0.2) is 0 Å². The maximum Gasteiger partial charge on any atom is 0.251 e. The number of hydrogen-bond donors (Lipinski definition) is 2. The zero-order chi connectivity index (χ0) is 18.9. The summed E-state index contributed by atoms with van der Waals surface area (Å²) in [6, 6.07) is 11.2. The molecular weight excluding hydrogens is 332 g/mol. The first-order valence-corrected chi connectivity index (χ1v) is 8.43. The Bertz CT molecular complexity index is 729. The van der Waals surface area contributed by atoms with Crippen LogP contribution >= 0.6 is 0 Å². The average molecular weight is 358 g/mol. The first kappa shape index (κ1) is 19.6. The molecule has 6 nitrogen and oxygen atoms in total. The molecule has 140 valence electrons. The van der Waals surface area contributed by atoms with Crippen LogP contribution in [0.3, 0.4) is 0 Å². The molecule has 0 aliphatic rings. The number of carbonyl (C=O) groups excluding carboxylic acids is 1. The van der Waals surface area contributed by atoms with Gasteiger partial charge in [0.1, 0.15) is 5.75 Å². The number of ether oxygens (including phenoxy) is 3. The molecule has 0 saturated heterocycles. The van der Waals surface area contributed by atoms with Crippen molar-refractivity contribution in [2.45, 2.75) is 13.5 Å². The summed E-state index contributed by atoms with van der Waals surface area (Å²) in [4.78, 5) is 12.1. The summed E-state index contributed by atoms with van der Waals surface area (Å²) in [5, 5.41) is 6.19. The van der Waals surface area contributed by atoms with Crippen molar-refractivity contribution in [1.29, 1.82) is 0 Å². The second-order valence-corrected chi connectivity index (χ2v) is 5.82. The molecule has 0 aliphatic carbocycles. The van der Waals surface area contributed by atoms with Gasteiger partial charge in [-0.1, -0.05) is 17.7 Å². The first-order valence-electron chi connectivity index (χ1n) is 8.43. The zero-order valence-corrected chi connectivity index (χ0v) is 15.7. The number of amides is 1. The summed E-state index contributed by atoms with van der Waals surface area (Å²) in [6.07, 6.45) is 0. The monoisotopic (exact) mass is 358 g/mol. The summed E-state index contributed by atoms with van der Waals surface area (Å²) < 4.78 is 16.0. The summed E-state index contributed by atoms with van der Waals surface area (Å²) >= 11 is 0. The Morgan fingerprint density at radius 1 is 0.885 bits per heavy atom. The van der Waals surface area contributed by atoms with Crippen LogP contribution in [-0.2, 0) is 6.54 Å². The minimum absolute atomic E-state index is 0.0736. The van der Waals surface area contributed by atoms with Gasteiger partial charge in [-0.2, -0.15) is 0 Å². The highest BCUT2D eigenvalue weighted by molar-refractivity contribution is 5.94. The van der Waals surface area contributed by atoms with Gasteiger partial charge in [0.15, 0.2) is 11.5 Å².